The summed E-state index contributed by atoms with van der Waals surface area (Å²) in [5, 5.41) is 0.744. The normalized spacial score (nSPS) is 13.7. The van der Waals surface area contributed by atoms with E-state index < -0.39 is 11.5 Å². The minimum atomic E-state index is -0.580. The Morgan fingerprint density at radius 3 is 2.64 bits per heavy atom. The van der Waals surface area contributed by atoms with Crippen molar-refractivity contribution in [3.63, 3.8) is 0 Å². The van der Waals surface area contributed by atoms with Crippen LogP contribution in [0.5, 0.6) is 0 Å². The Balaban J connectivity index is 1.83. The van der Waals surface area contributed by atoms with E-state index in [0.717, 1.165) is 18.4 Å². The molecule has 0 atom stereocenters. The van der Waals surface area contributed by atoms with E-state index in [-0.39, 0.29) is 22.8 Å². The van der Waals surface area contributed by atoms with Gasteiger partial charge in [0, 0.05) is 17.5 Å². The first kappa shape index (κ1) is 18.6. The van der Waals surface area contributed by atoms with E-state index in [2.05, 4.69) is 9.97 Å². The first-order chi connectivity index (χ1) is 13.5. The third-order valence-corrected chi connectivity index (χ3v) is 5.60. The van der Waals surface area contributed by atoms with E-state index in [1.807, 2.05) is 4.57 Å². The number of benzene rings is 1. The highest BCUT2D eigenvalue weighted by Gasteiger charge is 2.30. The van der Waals surface area contributed by atoms with Crippen molar-refractivity contribution in [3.05, 3.63) is 63.3 Å². The molecule has 0 spiro atoms. The van der Waals surface area contributed by atoms with Gasteiger partial charge in [0.15, 0.2) is 5.16 Å². The standard InChI is InChI=1S/C20H18FN3O3S/c1-11-9-15(19(26)27-2)16-17(22-11)24(14-7-8-14)20(23-18(16)25)28-10-12-3-5-13(21)6-4-12/h3-6,9,14H,7-8,10H2,1-2H3. The van der Waals surface area contributed by atoms with Crippen LogP contribution in [0.15, 0.2) is 40.3 Å². The lowest BCUT2D eigenvalue weighted by Gasteiger charge is -2.15. The van der Waals surface area contributed by atoms with Gasteiger partial charge in [-0.05, 0) is 43.5 Å². The summed E-state index contributed by atoms with van der Waals surface area (Å²) < 4.78 is 19.9. The Bertz CT molecular complexity index is 1120. The molecule has 8 heteroatoms. The number of hydrogen-bond acceptors (Lipinski definition) is 6. The van der Waals surface area contributed by atoms with E-state index in [1.54, 1.807) is 25.1 Å². The van der Waals surface area contributed by atoms with E-state index in [0.29, 0.717) is 22.3 Å². The molecular weight excluding hydrogens is 381 g/mol. The summed E-state index contributed by atoms with van der Waals surface area (Å²) in [5.41, 5.74) is 1.70. The number of fused-ring (bicyclic) bond motifs is 1. The number of esters is 1. The molecule has 0 aliphatic heterocycles. The molecule has 144 valence electrons. The van der Waals surface area contributed by atoms with Crippen molar-refractivity contribution in [3.8, 4) is 0 Å². The first-order valence-electron chi connectivity index (χ1n) is 8.87. The largest absolute Gasteiger partial charge is 0.465 e. The Morgan fingerprint density at radius 1 is 1.29 bits per heavy atom. The molecule has 0 amide bonds. The van der Waals surface area contributed by atoms with Crippen LogP contribution in [0.3, 0.4) is 0 Å². The van der Waals surface area contributed by atoms with Crippen LogP contribution in [0.2, 0.25) is 0 Å². The summed E-state index contributed by atoms with van der Waals surface area (Å²) in [7, 11) is 1.28. The average Bonchev–Trinajstić information content (AvgIpc) is 3.51. The lowest BCUT2D eigenvalue weighted by molar-refractivity contribution is 0.0602. The van der Waals surface area contributed by atoms with Crippen molar-refractivity contribution in [1.82, 2.24) is 14.5 Å². The van der Waals surface area contributed by atoms with Crippen LogP contribution in [0, 0.1) is 12.7 Å². The van der Waals surface area contributed by atoms with Crippen LogP contribution >= 0.6 is 11.8 Å². The molecule has 2 aromatic heterocycles. The Hall–Kier alpha value is -2.74. The van der Waals surface area contributed by atoms with E-state index in [1.165, 1.54) is 31.0 Å². The minimum Gasteiger partial charge on any atom is -0.465 e. The topological polar surface area (TPSA) is 74.1 Å². The van der Waals surface area contributed by atoms with Gasteiger partial charge in [-0.1, -0.05) is 23.9 Å². The molecule has 6 nitrogen and oxygen atoms in total. The lowest BCUT2D eigenvalue weighted by atomic mass is 10.1. The number of thioether (sulfide) groups is 1. The van der Waals surface area contributed by atoms with Gasteiger partial charge in [-0.2, -0.15) is 4.98 Å². The van der Waals surface area contributed by atoms with Gasteiger partial charge in [0.25, 0.3) is 5.56 Å². The second-order valence-corrected chi connectivity index (χ2v) is 7.66. The number of ether oxygens (including phenoxy) is 1. The Labute approximate surface area is 164 Å². The third kappa shape index (κ3) is 3.52. The lowest BCUT2D eigenvalue weighted by Crippen LogP contribution is -2.20. The van der Waals surface area contributed by atoms with Crippen molar-refractivity contribution >= 4 is 28.8 Å². The second kappa shape index (κ2) is 7.35. The molecule has 0 radical (unpaired) electrons. The molecule has 1 saturated carbocycles. The van der Waals surface area contributed by atoms with Gasteiger partial charge in [-0.3, -0.25) is 4.79 Å². The van der Waals surface area contributed by atoms with Crippen LogP contribution in [0.1, 0.15) is 40.5 Å². The molecule has 2 heterocycles. The maximum Gasteiger partial charge on any atom is 0.338 e. The second-order valence-electron chi connectivity index (χ2n) is 6.72. The van der Waals surface area contributed by atoms with Crippen molar-refractivity contribution in [1.29, 1.82) is 0 Å². The molecule has 0 N–H and O–H groups in total. The van der Waals surface area contributed by atoms with Crippen LogP contribution in [-0.4, -0.2) is 27.6 Å². The van der Waals surface area contributed by atoms with Crippen molar-refractivity contribution in [2.45, 2.75) is 36.7 Å². The molecule has 1 aliphatic carbocycles. The highest BCUT2D eigenvalue weighted by Crippen LogP contribution is 2.40. The summed E-state index contributed by atoms with van der Waals surface area (Å²) in [6.07, 6.45) is 1.93. The van der Waals surface area contributed by atoms with Gasteiger partial charge in [-0.15, -0.1) is 0 Å². The molecular formula is C20H18FN3O3S. The number of methoxy groups -OCH3 is 1. The first-order valence-corrected chi connectivity index (χ1v) is 9.86. The predicted octanol–water partition coefficient (Wildman–Crippen LogP) is 3.65. The number of carbonyl (C=O) groups is 1. The summed E-state index contributed by atoms with van der Waals surface area (Å²) in [5.74, 6) is -0.327. The number of hydrogen-bond donors (Lipinski definition) is 0. The average molecular weight is 399 g/mol. The fourth-order valence-corrected chi connectivity index (χ4v) is 4.10. The van der Waals surface area contributed by atoms with Crippen molar-refractivity contribution in [2.24, 2.45) is 0 Å². The SMILES string of the molecule is COC(=O)c1cc(C)nc2c1c(=O)nc(SCc1ccc(F)cc1)n2C1CC1. The molecule has 0 saturated heterocycles. The molecule has 28 heavy (non-hydrogen) atoms. The maximum atomic E-state index is 13.1. The van der Waals surface area contributed by atoms with E-state index >= 15 is 0 Å². The summed E-state index contributed by atoms with van der Waals surface area (Å²) in [6.45, 7) is 1.78. The van der Waals surface area contributed by atoms with Gasteiger partial charge >= 0.3 is 5.97 Å². The minimum absolute atomic E-state index is 0.187. The number of nitrogens with zero attached hydrogens (tertiary/aromatic N) is 3. The van der Waals surface area contributed by atoms with Crippen LogP contribution in [-0.2, 0) is 10.5 Å². The monoisotopic (exact) mass is 399 g/mol. The maximum absolute atomic E-state index is 13.1. The number of aryl methyl sites for hydroxylation is 1. The Morgan fingerprint density at radius 2 is 2.00 bits per heavy atom. The molecule has 4 rings (SSSR count). The van der Waals surface area contributed by atoms with Gasteiger partial charge < -0.3 is 9.30 Å². The molecule has 1 fully saturated rings. The summed E-state index contributed by atoms with van der Waals surface area (Å²) in [6, 6.07) is 7.99. The van der Waals surface area contributed by atoms with Gasteiger partial charge in [-0.25, -0.2) is 14.2 Å². The molecule has 0 bridgehead atoms. The summed E-state index contributed by atoms with van der Waals surface area (Å²) >= 11 is 1.40. The third-order valence-electron chi connectivity index (χ3n) is 4.57. The molecule has 0 unspecified atom stereocenters. The van der Waals surface area contributed by atoms with E-state index in [9.17, 15) is 14.0 Å². The smallest absolute Gasteiger partial charge is 0.338 e. The highest BCUT2D eigenvalue weighted by atomic mass is 32.2. The zero-order chi connectivity index (χ0) is 19.8. The van der Waals surface area contributed by atoms with Crippen LogP contribution in [0.25, 0.3) is 11.0 Å². The quantitative estimate of drug-likeness (QED) is 0.370. The Kier molecular flexibility index (Phi) is 4.89. The number of halogens is 1. The molecule has 1 aromatic carbocycles. The highest BCUT2D eigenvalue weighted by molar-refractivity contribution is 7.98. The van der Waals surface area contributed by atoms with Gasteiger partial charge in [0.1, 0.15) is 11.5 Å². The fourth-order valence-electron chi connectivity index (χ4n) is 3.09. The van der Waals surface area contributed by atoms with Gasteiger partial charge in [0.2, 0.25) is 0 Å². The molecule has 3 aromatic rings. The number of rotatable bonds is 5. The van der Waals surface area contributed by atoms with Crippen molar-refractivity contribution < 1.29 is 13.9 Å². The van der Waals surface area contributed by atoms with Crippen LogP contribution < -0.4 is 5.56 Å². The summed E-state index contributed by atoms with van der Waals surface area (Å²) in [4.78, 5) is 33.8. The van der Waals surface area contributed by atoms with Crippen LogP contribution in [0.4, 0.5) is 4.39 Å². The fraction of sp³-hybridized carbons (Fsp3) is 0.300. The number of aromatic nitrogens is 3. The zero-order valence-corrected chi connectivity index (χ0v) is 16.3. The zero-order valence-electron chi connectivity index (χ0n) is 15.4. The van der Waals surface area contributed by atoms with Crippen molar-refractivity contribution in [2.75, 3.05) is 7.11 Å². The number of pyridine rings is 1. The number of carbonyl (C=O) groups excluding carboxylic acids is 1. The van der Waals surface area contributed by atoms with Gasteiger partial charge in [0.05, 0.1) is 18.1 Å². The van der Waals surface area contributed by atoms with E-state index in [4.69, 9.17) is 4.74 Å². The molecule has 1 aliphatic rings. The predicted molar refractivity (Wildman–Crippen MR) is 104 cm³/mol.